The maximum Gasteiger partial charge on any atom is 0.264 e. The summed E-state index contributed by atoms with van der Waals surface area (Å²) in [5, 5.41) is 3.86. The molecule has 186 valence electrons. The molecule has 2 atom stereocenters. The second-order valence-corrected chi connectivity index (χ2v) is 11.4. The van der Waals surface area contributed by atoms with Crippen LogP contribution in [0.3, 0.4) is 0 Å². The molecule has 0 unspecified atom stereocenters. The van der Waals surface area contributed by atoms with E-state index in [1.165, 1.54) is 25.7 Å². The van der Waals surface area contributed by atoms with Gasteiger partial charge in [-0.05, 0) is 61.8 Å². The zero-order valence-corrected chi connectivity index (χ0v) is 21.3. The van der Waals surface area contributed by atoms with Gasteiger partial charge in [0.2, 0.25) is 5.95 Å². The van der Waals surface area contributed by atoms with Crippen LogP contribution in [0.25, 0.3) is 0 Å². The van der Waals surface area contributed by atoms with Crippen molar-refractivity contribution in [3.8, 4) is 0 Å². The first-order valence-corrected chi connectivity index (χ1v) is 13.3. The Morgan fingerprint density at radius 1 is 1.23 bits per heavy atom. The van der Waals surface area contributed by atoms with E-state index in [1.807, 2.05) is 13.1 Å². The van der Waals surface area contributed by atoms with Crippen molar-refractivity contribution in [2.45, 2.75) is 58.0 Å². The number of piperidine rings is 1. The Labute approximate surface area is 211 Å². The van der Waals surface area contributed by atoms with Gasteiger partial charge in [-0.2, -0.15) is 0 Å². The van der Waals surface area contributed by atoms with Gasteiger partial charge in [-0.15, -0.1) is 0 Å². The number of aliphatic imine (C=N–C) groups is 1. The first-order valence-electron chi connectivity index (χ1n) is 12.9. The quantitative estimate of drug-likeness (QED) is 0.659. The first-order chi connectivity index (χ1) is 16.9. The molecule has 0 bridgehead atoms. The molecule has 9 heteroatoms. The summed E-state index contributed by atoms with van der Waals surface area (Å²) in [6.07, 6.45) is 8.75. The van der Waals surface area contributed by atoms with Gasteiger partial charge in [-0.1, -0.05) is 18.5 Å². The molecular formula is C26H34ClN7O. The van der Waals surface area contributed by atoms with Gasteiger partial charge in [-0.25, -0.2) is 9.97 Å². The number of nitrogens with one attached hydrogen (secondary N) is 1. The summed E-state index contributed by atoms with van der Waals surface area (Å²) in [5.41, 5.74) is 9.40. The smallest absolute Gasteiger partial charge is 0.264 e. The van der Waals surface area contributed by atoms with Crippen LogP contribution in [0.5, 0.6) is 0 Å². The van der Waals surface area contributed by atoms with E-state index in [9.17, 15) is 4.79 Å². The summed E-state index contributed by atoms with van der Waals surface area (Å²) < 4.78 is 1.68. The SMILES string of the molecule is C[C@@H]1CCC2(CCN(c3nc4c(c(=O)n3C)C(c3ccnc(NCC5CC5)c3Cl)=NC4)CC2)[C@@H]1N. The van der Waals surface area contributed by atoms with E-state index in [4.69, 9.17) is 27.3 Å². The van der Waals surface area contributed by atoms with E-state index in [0.717, 1.165) is 49.7 Å². The largest absolute Gasteiger partial charge is 0.369 e. The third kappa shape index (κ3) is 3.85. The molecule has 2 aliphatic carbocycles. The Kier molecular flexibility index (Phi) is 5.64. The Bertz CT molecular complexity index is 1240. The Morgan fingerprint density at radius 2 is 2.00 bits per heavy atom. The highest BCUT2D eigenvalue weighted by atomic mass is 35.5. The minimum absolute atomic E-state index is 0.0758. The number of rotatable bonds is 5. The van der Waals surface area contributed by atoms with Crippen LogP contribution in [0.15, 0.2) is 22.1 Å². The molecule has 4 heterocycles. The number of pyridine rings is 1. The second-order valence-electron chi connectivity index (χ2n) is 11.0. The van der Waals surface area contributed by atoms with Crippen LogP contribution in [0.4, 0.5) is 11.8 Å². The molecule has 6 rings (SSSR count). The number of fused-ring (bicyclic) bond motifs is 1. The van der Waals surface area contributed by atoms with Crippen molar-refractivity contribution in [2.24, 2.45) is 35.0 Å². The molecule has 3 N–H and O–H groups in total. The van der Waals surface area contributed by atoms with E-state index in [0.29, 0.717) is 40.5 Å². The lowest BCUT2D eigenvalue weighted by molar-refractivity contribution is 0.185. The fraction of sp³-hybridized carbons (Fsp3) is 0.615. The number of halogens is 1. The van der Waals surface area contributed by atoms with Crippen LogP contribution in [0.1, 0.15) is 62.3 Å². The van der Waals surface area contributed by atoms with Crippen molar-refractivity contribution in [1.29, 1.82) is 0 Å². The molecule has 0 amide bonds. The second kappa shape index (κ2) is 8.59. The molecule has 2 aromatic heterocycles. The van der Waals surface area contributed by atoms with E-state index < -0.39 is 0 Å². The van der Waals surface area contributed by atoms with E-state index in [1.54, 1.807) is 10.8 Å². The summed E-state index contributed by atoms with van der Waals surface area (Å²) in [6, 6.07) is 2.10. The zero-order chi connectivity index (χ0) is 24.3. The summed E-state index contributed by atoms with van der Waals surface area (Å²) in [4.78, 5) is 29.9. The number of nitrogens with two attached hydrogens (primary N) is 1. The lowest BCUT2D eigenvalue weighted by Gasteiger charge is -2.43. The van der Waals surface area contributed by atoms with Crippen LogP contribution >= 0.6 is 11.6 Å². The van der Waals surface area contributed by atoms with Gasteiger partial charge in [0.25, 0.3) is 5.56 Å². The summed E-state index contributed by atoms with van der Waals surface area (Å²) in [7, 11) is 1.81. The van der Waals surface area contributed by atoms with Crippen LogP contribution in [-0.2, 0) is 13.6 Å². The summed E-state index contributed by atoms with van der Waals surface area (Å²) >= 11 is 6.73. The number of aromatic nitrogens is 3. The molecule has 35 heavy (non-hydrogen) atoms. The number of anilines is 2. The molecule has 8 nitrogen and oxygen atoms in total. The van der Waals surface area contributed by atoms with E-state index in [-0.39, 0.29) is 17.0 Å². The van der Waals surface area contributed by atoms with Gasteiger partial charge in [0.1, 0.15) is 5.82 Å². The minimum Gasteiger partial charge on any atom is -0.369 e. The molecule has 3 fully saturated rings. The average Bonchev–Trinajstić information content (AvgIpc) is 3.54. The minimum atomic E-state index is -0.0758. The molecule has 2 saturated carbocycles. The Balaban J connectivity index is 1.26. The van der Waals surface area contributed by atoms with Crippen molar-refractivity contribution in [3.63, 3.8) is 0 Å². The van der Waals surface area contributed by atoms with Crippen molar-refractivity contribution in [2.75, 3.05) is 29.9 Å². The fourth-order valence-corrected chi connectivity index (χ4v) is 6.50. The molecule has 1 saturated heterocycles. The van der Waals surface area contributed by atoms with Crippen molar-refractivity contribution < 1.29 is 0 Å². The highest BCUT2D eigenvalue weighted by Crippen LogP contribution is 2.48. The van der Waals surface area contributed by atoms with E-state index in [2.05, 4.69) is 22.1 Å². The van der Waals surface area contributed by atoms with Crippen molar-refractivity contribution >= 4 is 29.1 Å². The van der Waals surface area contributed by atoms with Crippen LogP contribution in [-0.4, -0.2) is 45.9 Å². The average molecular weight is 496 g/mol. The number of hydrogen-bond donors (Lipinski definition) is 2. The Hall–Kier alpha value is -2.45. The maximum absolute atomic E-state index is 13.6. The highest BCUT2D eigenvalue weighted by Gasteiger charge is 2.46. The zero-order valence-electron chi connectivity index (χ0n) is 20.6. The molecule has 2 aromatic rings. The Morgan fingerprint density at radius 3 is 2.69 bits per heavy atom. The number of hydrogen-bond acceptors (Lipinski definition) is 7. The van der Waals surface area contributed by atoms with Gasteiger partial charge in [0.05, 0.1) is 28.5 Å². The third-order valence-electron chi connectivity index (χ3n) is 8.83. The summed E-state index contributed by atoms with van der Waals surface area (Å²) in [5.74, 6) is 2.67. The predicted molar refractivity (Wildman–Crippen MR) is 140 cm³/mol. The first kappa shape index (κ1) is 23.0. The van der Waals surface area contributed by atoms with Crippen LogP contribution in [0.2, 0.25) is 5.02 Å². The monoisotopic (exact) mass is 495 g/mol. The van der Waals surface area contributed by atoms with Crippen molar-refractivity contribution in [1.82, 2.24) is 14.5 Å². The molecule has 0 radical (unpaired) electrons. The van der Waals surface area contributed by atoms with E-state index >= 15 is 0 Å². The highest BCUT2D eigenvalue weighted by molar-refractivity contribution is 6.37. The molecular weight excluding hydrogens is 462 g/mol. The molecule has 1 spiro atoms. The van der Waals surface area contributed by atoms with Gasteiger partial charge >= 0.3 is 0 Å². The lowest BCUT2D eigenvalue weighted by Crippen LogP contribution is -2.49. The predicted octanol–water partition coefficient (Wildman–Crippen LogP) is 3.35. The molecule has 4 aliphatic rings. The lowest BCUT2D eigenvalue weighted by atomic mass is 9.73. The van der Waals surface area contributed by atoms with Gasteiger partial charge in [0, 0.05) is 44.5 Å². The maximum atomic E-state index is 13.6. The fourth-order valence-electron chi connectivity index (χ4n) is 6.23. The standard InChI is InChI=1S/C26H34ClN7O/c1-15-5-7-26(22(15)28)8-11-34(12-9-26)25-32-18-14-30-21(19(18)24(35)33(25)2)17-6-10-29-23(20(17)27)31-13-16-3-4-16/h6,10,15-16,22H,3-5,7-9,11-14,28H2,1-2H3,(H,29,31)/t15-,22-/m1/s1. The van der Waals surface area contributed by atoms with Gasteiger partial charge in [-0.3, -0.25) is 14.4 Å². The van der Waals surface area contributed by atoms with Gasteiger partial charge < -0.3 is 16.0 Å². The van der Waals surface area contributed by atoms with Crippen molar-refractivity contribution in [3.05, 3.63) is 44.5 Å². The normalized spacial score (nSPS) is 25.1. The number of nitrogens with zero attached hydrogens (tertiary/aromatic N) is 5. The molecule has 0 aromatic carbocycles. The summed E-state index contributed by atoms with van der Waals surface area (Å²) in [6.45, 7) is 5.28. The topological polar surface area (TPSA) is 101 Å². The van der Waals surface area contributed by atoms with Crippen LogP contribution in [0, 0.1) is 17.3 Å². The van der Waals surface area contributed by atoms with Gasteiger partial charge in [0.15, 0.2) is 0 Å². The van der Waals surface area contributed by atoms with Crippen LogP contribution < -0.4 is 21.5 Å². The molecule has 2 aliphatic heterocycles. The third-order valence-corrected chi connectivity index (χ3v) is 9.21.